The molecule has 1 N–H and O–H groups in total. The Morgan fingerprint density at radius 2 is 2.36 bits per heavy atom. The molecule has 0 aromatic carbocycles. The molecular weight excluding hydrogens is 144 g/mol. The maximum Gasteiger partial charge on any atom is 0.319 e. The van der Waals surface area contributed by atoms with Crippen LogP contribution in [-0.2, 0) is 9.53 Å². The van der Waals surface area contributed by atoms with E-state index >= 15 is 0 Å². The quantitative estimate of drug-likeness (QED) is 0.538. The molecule has 0 bridgehead atoms. The molecule has 1 fully saturated rings. The Morgan fingerprint density at radius 1 is 1.73 bits per heavy atom. The molecule has 1 heterocycles. The number of nitrogens with zero attached hydrogens (tertiary/aromatic N) is 1. The normalized spacial score (nSPS) is 18.1. The highest BCUT2D eigenvalue weighted by Crippen LogP contribution is 2.00. The van der Waals surface area contributed by atoms with Crippen LogP contribution in [0.5, 0.6) is 0 Å². The number of esters is 1. The third-order valence-corrected chi connectivity index (χ3v) is 1.99. The van der Waals surface area contributed by atoms with Gasteiger partial charge in [0.25, 0.3) is 0 Å². The zero-order chi connectivity index (χ0) is 8.27. The van der Waals surface area contributed by atoms with Gasteiger partial charge in [-0.2, -0.15) is 0 Å². The largest absolute Gasteiger partial charge is 0.468 e. The number of likely N-dealkylation sites (N-methyl/N-ethyl adjacent to an activating group) is 1. The smallest absolute Gasteiger partial charge is 0.319 e. The summed E-state index contributed by atoms with van der Waals surface area (Å²) < 4.78 is 4.54. The van der Waals surface area contributed by atoms with Gasteiger partial charge in [0.1, 0.15) is 0 Å². The molecule has 4 nitrogen and oxygen atoms in total. The minimum absolute atomic E-state index is 0.167. The summed E-state index contributed by atoms with van der Waals surface area (Å²) in [4.78, 5) is 12.8. The lowest BCUT2D eigenvalue weighted by atomic mass is 10.1. The zero-order valence-corrected chi connectivity index (χ0v) is 6.96. The molecule has 64 valence electrons. The van der Waals surface area contributed by atoms with Crippen molar-refractivity contribution in [3.63, 3.8) is 0 Å². The molecule has 1 rings (SSSR count). The number of hydrogen-bond acceptors (Lipinski definition) is 4. The van der Waals surface area contributed by atoms with Crippen molar-refractivity contribution in [3.8, 4) is 0 Å². The molecule has 0 radical (unpaired) electrons. The van der Waals surface area contributed by atoms with E-state index in [-0.39, 0.29) is 5.97 Å². The van der Waals surface area contributed by atoms with Gasteiger partial charge in [-0.15, -0.1) is 0 Å². The highest BCUT2D eigenvalue weighted by Gasteiger charge is 2.22. The van der Waals surface area contributed by atoms with E-state index in [2.05, 4.69) is 10.1 Å². The summed E-state index contributed by atoms with van der Waals surface area (Å²) in [6.45, 7) is 2.35. The molecule has 0 spiro atoms. The fourth-order valence-electron chi connectivity index (χ4n) is 0.982. The van der Waals surface area contributed by atoms with E-state index in [1.54, 1.807) is 0 Å². The van der Waals surface area contributed by atoms with Crippen LogP contribution >= 0.6 is 0 Å². The van der Waals surface area contributed by atoms with Crippen molar-refractivity contribution in [3.05, 3.63) is 0 Å². The van der Waals surface area contributed by atoms with Gasteiger partial charge in [-0.1, -0.05) is 0 Å². The minimum Gasteiger partial charge on any atom is -0.468 e. The molecule has 11 heavy (non-hydrogen) atoms. The maximum absolute atomic E-state index is 10.8. The van der Waals surface area contributed by atoms with Gasteiger partial charge in [0, 0.05) is 19.1 Å². The lowest BCUT2D eigenvalue weighted by Gasteiger charge is -2.34. The average molecular weight is 158 g/mol. The first-order valence-electron chi connectivity index (χ1n) is 3.72. The summed E-state index contributed by atoms with van der Waals surface area (Å²) in [6.07, 6.45) is 0. The lowest BCUT2D eigenvalue weighted by molar-refractivity contribution is -0.142. The van der Waals surface area contributed by atoms with Crippen LogP contribution in [0.4, 0.5) is 0 Å². The van der Waals surface area contributed by atoms with Crippen LogP contribution in [0.2, 0.25) is 0 Å². The Labute approximate surface area is 66.5 Å². The number of nitrogens with one attached hydrogen (secondary N) is 1. The predicted octanol–water partition coefficient (Wildman–Crippen LogP) is -0.937. The fourth-order valence-corrected chi connectivity index (χ4v) is 0.982. The minimum atomic E-state index is -0.167. The molecular formula is C7H14N2O2. The van der Waals surface area contributed by atoms with Gasteiger partial charge in [0.2, 0.25) is 0 Å². The maximum atomic E-state index is 10.8. The van der Waals surface area contributed by atoms with Crippen molar-refractivity contribution in [1.82, 2.24) is 10.2 Å². The van der Waals surface area contributed by atoms with Gasteiger partial charge in [0.05, 0.1) is 13.7 Å². The van der Waals surface area contributed by atoms with Gasteiger partial charge in [-0.25, -0.2) is 0 Å². The summed E-state index contributed by atoms with van der Waals surface area (Å²) in [5, 5.41) is 3.14. The Balaban J connectivity index is 2.19. The van der Waals surface area contributed by atoms with Crippen LogP contribution in [0, 0.1) is 0 Å². The summed E-state index contributed by atoms with van der Waals surface area (Å²) in [5.41, 5.74) is 0. The second-order valence-electron chi connectivity index (χ2n) is 2.80. The van der Waals surface area contributed by atoms with Gasteiger partial charge in [-0.3, -0.25) is 9.69 Å². The molecule has 0 atom stereocenters. The third-order valence-electron chi connectivity index (χ3n) is 1.99. The van der Waals surface area contributed by atoms with E-state index in [0.717, 1.165) is 13.1 Å². The van der Waals surface area contributed by atoms with E-state index in [4.69, 9.17) is 0 Å². The second kappa shape index (κ2) is 3.69. The van der Waals surface area contributed by atoms with E-state index in [1.165, 1.54) is 7.11 Å². The fraction of sp³-hybridized carbons (Fsp3) is 0.857. The van der Waals surface area contributed by atoms with E-state index in [9.17, 15) is 4.79 Å². The van der Waals surface area contributed by atoms with E-state index < -0.39 is 0 Å². The standard InChI is InChI=1S/C7H14N2O2/c1-9(5-7(10)11-2)6-3-8-4-6/h6,8H,3-5H2,1-2H3. The van der Waals surface area contributed by atoms with Crippen molar-refractivity contribution in [2.75, 3.05) is 33.8 Å². The van der Waals surface area contributed by atoms with Crippen molar-refractivity contribution in [2.45, 2.75) is 6.04 Å². The van der Waals surface area contributed by atoms with Crippen LogP contribution in [0.3, 0.4) is 0 Å². The topological polar surface area (TPSA) is 41.6 Å². The number of ether oxygens (including phenoxy) is 1. The number of hydrogen-bond donors (Lipinski definition) is 1. The summed E-state index contributed by atoms with van der Waals surface area (Å²) in [7, 11) is 3.34. The van der Waals surface area contributed by atoms with Gasteiger partial charge in [0.15, 0.2) is 0 Å². The molecule has 0 unspecified atom stereocenters. The molecule has 1 aliphatic heterocycles. The highest BCUT2D eigenvalue weighted by molar-refractivity contribution is 5.71. The number of rotatable bonds is 3. The van der Waals surface area contributed by atoms with Crippen molar-refractivity contribution in [1.29, 1.82) is 0 Å². The van der Waals surface area contributed by atoms with Crippen LogP contribution in [0.15, 0.2) is 0 Å². The molecule has 1 saturated heterocycles. The monoisotopic (exact) mass is 158 g/mol. The van der Waals surface area contributed by atoms with Crippen LogP contribution in [-0.4, -0.2) is 50.7 Å². The van der Waals surface area contributed by atoms with Crippen molar-refractivity contribution >= 4 is 5.97 Å². The van der Waals surface area contributed by atoms with Crippen LogP contribution in [0.25, 0.3) is 0 Å². The highest BCUT2D eigenvalue weighted by atomic mass is 16.5. The van der Waals surface area contributed by atoms with Crippen LogP contribution in [0.1, 0.15) is 0 Å². The average Bonchev–Trinajstić information content (AvgIpc) is 1.83. The SMILES string of the molecule is COC(=O)CN(C)C1CNC1. The third kappa shape index (κ3) is 2.17. The van der Waals surface area contributed by atoms with Gasteiger partial charge >= 0.3 is 5.97 Å². The molecule has 0 saturated carbocycles. The van der Waals surface area contributed by atoms with Crippen molar-refractivity contribution < 1.29 is 9.53 Å². The van der Waals surface area contributed by atoms with E-state index in [0.29, 0.717) is 12.6 Å². The van der Waals surface area contributed by atoms with E-state index in [1.807, 2.05) is 11.9 Å². The Bertz CT molecular complexity index is 145. The lowest BCUT2D eigenvalue weighted by Crippen LogP contribution is -2.56. The van der Waals surface area contributed by atoms with Crippen LogP contribution < -0.4 is 5.32 Å². The molecule has 4 heteroatoms. The summed E-state index contributed by atoms with van der Waals surface area (Å²) in [5.74, 6) is -0.167. The zero-order valence-electron chi connectivity index (χ0n) is 6.96. The Morgan fingerprint density at radius 3 is 2.73 bits per heavy atom. The summed E-state index contributed by atoms with van der Waals surface area (Å²) in [6, 6.07) is 0.508. The second-order valence-corrected chi connectivity index (χ2v) is 2.80. The first kappa shape index (κ1) is 8.49. The first-order valence-corrected chi connectivity index (χ1v) is 3.72. The Hall–Kier alpha value is -0.610. The first-order chi connectivity index (χ1) is 5.24. The number of carbonyl (C=O) groups excluding carboxylic acids is 1. The molecule has 0 aromatic heterocycles. The molecule has 0 amide bonds. The molecule has 1 aliphatic rings. The summed E-state index contributed by atoms with van der Waals surface area (Å²) >= 11 is 0. The number of methoxy groups -OCH3 is 1. The Kier molecular flexibility index (Phi) is 2.84. The molecule has 0 aromatic rings. The predicted molar refractivity (Wildman–Crippen MR) is 41.3 cm³/mol. The van der Waals surface area contributed by atoms with Gasteiger partial charge < -0.3 is 10.1 Å². The number of carbonyl (C=O) groups is 1. The van der Waals surface area contributed by atoms with Crippen molar-refractivity contribution in [2.24, 2.45) is 0 Å². The molecule has 0 aliphatic carbocycles. The van der Waals surface area contributed by atoms with Gasteiger partial charge in [-0.05, 0) is 7.05 Å².